The molecule has 0 amide bonds. The molecule has 0 saturated carbocycles. The summed E-state index contributed by atoms with van der Waals surface area (Å²) in [4.78, 5) is 0. The summed E-state index contributed by atoms with van der Waals surface area (Å²) in [6.45, 7) is 7.72. The van der Waals surface area contributed by atoms with Gasteiger partial charge in [-0.05, 0) is 37.8 Å². The number of aromatic nitrogens is 3. The average molecular weight is 208 g/mol. The summed E-state index contributed by atoms with van der Waals surface area (Å²) in [5.41, 5.74) is 1.26. The van der Waals surface area contributed by atoms with Crippen LogP contribution < -0.4 is 5.32 Å². The van der Waals surface area contributed by atoms with Crippen molar-refractivity contribution in [2.24, 2.45) is 5.92 Å². The number of nitrogens with zero attached hydrogens (tertiary/aromatic N) is 3. The van der Waals surface area contributed by atoms with Crippen molar-refractivity contribution >= 4 is 0 Å². The van der Waals surface area contributed by atoms with Crippen molar-refractivity contribution in [3.05, 3.63) is 11.9 Å². The van der Waals surface area contributed by atoms with E-state index in [1.54, 1.807) is 0 Å². The van der Waals surface area contributed by atoms with Gasteiger partial charge in [-0.25, -0.2) is 4.68 Å². The minimum absolute atomic E-state index is 0.515. The van der Waals surface area contributed by atoms with Crippen LogP contribution in [-0.2, 0) is 6.54 Å². The van der Waals surface area contributed by atoms with Crippen LogP contribution >= 0.6 is 0 Å². The van der Waals surface area contributed by atoms with E-state index in [4.69, 9.17) is 0 Å². The molecule has 1 aromatic rings. The highest BCUT2D eigenvalue weighted by molar-refractivity contribution is 5.00. The van der Waals surface area contributed by atoms with E-state index in [1.807, 2.05) is 6.20 Å². The highest BCUT2D eigenvalue weighted by Crippen LogP contribution is 2.18. The Morgan fingerprint density at radius 2 is 2.20 bits per heavy atom. The first-order valence-corrected chi connectivity index (χ1v) is 5.86. The summed E-state index contributed by atoms with van der Waals surface area (Å²) in [5.74, 6) is 1.28. The molecule has 0 unspecified atom stereocenters. The molecule has 2 heterocycles. The summed E-state index contributed by atoms with van der Waals surface area (Å²) in [6, 6.07) is 0. The molecule has 2 rings (SSSR count). The third-order valence-corrected chi connectivity index (χ3v) is 3.13. The highest BCUT2D eigenvalue weighted by Gasteiger charge is 2.16. The second kappa shape index (κ2) is 4.75. The highest BCUT2D eigenvalue weighted by atomic mass is 15.4. The molecular formula is C11H20N4. The lowest BCUT2D eigenvalue weighted by molar-refractivity contribution is 0.313. The zero-order valence-corrected chi connectivity index (χ0v) is 9.61. The van der Waals surface area contributed by atoms with Gasteiger partial charge < -0.3 is 5.32 Å². The molecule has 4 heteroatoms. The Labute approximate surface area is 91.1 Å². The molecule has 0 atom stereocenters. The largest absolute Gasteiger partial charge is 0.317 e. The van der Waals surface area contributed by atoms with Crippen LogP contribution in [-0.4, -0.2) is 28.1 Å². The van der Waals surface area contributed by atoms with Gasteiger partial charge in [0.2, 0.25) is 0 Å². The van der Waals surface area contributed by atoms with Gasteiger partial charge >= 0.3 is 0 Å². The lowest BCUT2D eigenvalue weighted by Crippen LogP contribution is -2.30. The van der Waals surface area contributed by atoms with E-state index in [9.17, 15) is 0 Å². The van der Waals surface area contributed by atoms with Gasteiger partial charge in [-0.3, -0.25) is 0 Å². The van der Waals surface area contributed by atoms with Crippen molar-refractivity contribution in [3.63, 3.8) is 0 Å². The molecule has 84 valence electrons. The predicted octanol–water partition coefficient (Wildman–Crippen LogP) is 1.40. The average Bonchev–Trinajstić information content (AvgIpc) is 2.67. The van der Waals surface area contributed by atoms with Crippen LogP contribution in [0.25, 0.3) is 0 Å². The van der Waals surface area contributed by atoms with E-state index in [0.717, 1.165) is 25.6 Å². The lowest BCUT2D eigenvalue weighted by Gasteiger charge is -2.23. The minimum atomic E-state index is 0.515. The second-order valence-electron chi connectivity index (χ2n) is 4.69. The number of hydrogen-bond acceptors (Lipinski definition) is 3. The van der Waals surface area contributed by atoms with Crippen molar-refractivity contribution in [2.45, 2.75) is 39.2 Å². The maximum atomic E-state index is 4.18. The summed E-state index contributed by atoms with van der Waals surface area (Å²) < 4.78 is 2.08. The van der Waals surface area contributed by atoms with E-state index in [1.165, 1.54) is 18.5 Å². The van der Waals surface area contributed by atoms with E-state index >= 15 is 0 Å². The molecule has 1 N–H and O–H groups in total. The summed E-state index contributed by atoms with van der Waals surface area (Å²) in [7, 11) is 0. The molecule has 0 aromatic carbocycles. The smallest absolute Gasteiger partial charge is 0.0727 e. The van der Waals surface area contributed by atoms with Gasteiger partial charge in [0.15, 0.2) is 0 Å². The van der Waals surface area contributed by atoms with Crippen LogP contribution in [0, 0.1) is 5.92 Å². The molecule has 0 bridgehead atoms. The SMILES string of the molecule is CC(C)c1cnnn1CC1CCNCC1. The minimum Gasteiger partial charge on any atom is -0.317 e. The van der Waals surface area contributed by atoms with Crippen LogP contribution in [0.5, 0.6) is 0 Å². The third-order valence-electron chi connectivity index (χ3n) is 3.13. The Hall–Kier alpha value is -0.900. The quantitative estimate of drug-likeness (QED) is 0.816. The fourth-order valence-corrected chi connectivity index (χ4v) is 2.16. The predicted molar refractivity (Wildman–Crippen MR) is 59.7 cm³/mol. The standard InChI is InChI=1S/C11H20N4/c1-9(2)11-7-13-14-15(11)8-10-3-5-12-6-4-10/h7,9-10,12H,3-6,8H2,1-2H3. The normalized spacial score (nSPS) is 18.6. The Morgan fingerprint density at radius 1 is 1.47 bits per heavy atom. The molecule has 0 radical (unpaired) electrons. The topological polar surface area (TPSA) is 42.7 Å². The first kappa shape index (κ1) is 10.6. The van der Waals surface area contributed by atoms with Crippen molar-refractivity contribution in [1.82, 2.24) is 20.3 Å². The maximum Gasteiger partial charge on any atom is 0.0727 e. The van der Waals surface area contributed by atoms with Gasteiger partial charge in [0.05, 0.1) is 11.9 Å². The fourth-order valence-electron chi connectivity index (χ4n) is 2.16. The molecule has 1 aliphatic rings. The van der Waals surface area contributed by atoms with E-state index in [0.29, 0.717) is 5.92 Å². The van der Waals surface area contributed by atoms with E-state index in [-0.39, 0.29) is 0 Å². The zero-order valence-electron chi connectivity index (χ0n) is 9.61. The first-order chi connectivity index (χ1) is 7.27. The number of hydrogen-bond donors (Lipinski definition) is 1. The molecule has 0 aliphatic carbocycles. The summed E-state index contributed by atoms with van der Waals surface area (Å²) in [6.07, 6.45) is 4.42. The molecule has 15 heavy (non-hydrogen) atoms. The zero-order chi connectivity index (χ0) is 10.7. The van der Waals surface area contributed by atoms with Gasteiger partial charge in [0.25, 0.3) is 0 Å². The van der Waals surface area contributed by atoms with Crippen molar-refractivity contribution in [2.75, 3.05) is 13.1 Å². The molecule has 0 spiro atoms. The third kappa shape index (κ3) is 2.56. The van der Waals surface area contributed by atoms with Crippen LogP contribution in [0.3, 0.4) is 0 Å². The molecule has 1 fully saturated rings. The van der Waals surface area contributed by atoms with Crippen LogP contribution in [0.2, 0.25) is 0 Å². The van der Waals surface area contributed by atoms with E-state index < -0.39 is 0 Å². The Balaban J connectivity index is 1.99. The van der Waals surface area contributed by atoms with Gasteiger partial charge in [-0.1, -0.05) is 19.1 Å². The van der Waals surface area contributed by atoms with Crippen LogP contribution in [0.1, 0.15) is 38.3 Å². The van der Waals surface area contributed by atoms with Crippen LogP contribution in [0.15, 0.2) is 6.20 Å². The van der Waals surface area contributed by atoms with Crippen molar-refractivity contribution in [1.29, 1.82) is 0 Å². The molecular weight excluding hydrogens is 188 g/mol. The van der Waals surface area contributed by atoms with Gasteiger partial charge in [-0.15, -0.1) is 5.10 Å². The fraction of sp³-hybridized carbons (Fsp3) is 0.818. The number of rotatable bonds is 3. The Bertz CT molecular complexity index is 299. The second-order valence-corrected chi connectivity index (χ2v) is 4.69. The van der Waals surface area contributed by atoms with Gasteiger partial charge in [-0.2, -0.15) is 0 Å². The Morgan fingerprint density at radius 3 is 2.87 bits per heavy atom. The maximum absolute atomic E-state index is 4.18. The van der Waals surface area contributed by atoms with Gasteiger partial charge in [0.1, 0.15) is 0 Å². The Kier molecular flexibility index (Phi) is 3.36. The molecule has 1 saturated heterocycles. The molecule has 1 aromatic heterocycles. The number of piperidine rings is 1. The van der Waals surface area contributed by atoms with Gasteiger partial charge in [0, 0.05) is 6.54 Å². The molecule has 4 nitrogen and oxygen atoms in total. The summed E-state index contributed by atoms with van der Waals surface area (Å²) in [5, 5.41) is 11.6. The van der Waals surface area contributed by atoms with Crippen molar-refractivity contribution in [3.8, 4) is 0 Å². The monoisotopic (exact) mass is 208 g/mol. The van der Waals surface area contributed by atoms with Crippen LogP contribution in [0.4, 0.5) is 0 Å². The van der Waals surface area contributed by atoms with E-state index in [2.05, 4.69) is 34.2 Å². The first-order valence-electron chi connectivity index (χ1n) is 5.86. The number of nitrogens with one attached hydrogen (secondary N) is 1. The van der Waals surface area contributed by atoms with Crippen molar-refractivity contribution < 1.29 is 0 Å². The summed E-state index contributed by atoms with van der Waals surface area (Å²) >= 11 is 0. The molecule has 1 aliphatic heterocycles. The lowest BCUT2D eigenvalue weighted by atomic mass is 9.98.